The molecule has 102 valence electrons. The highest BCUT2D eigenvalue weighted by Crippen LogP contribution is 2.19. The fraction of sp³-hybridized carbons (Fsp3) is 0.667. The van der Waals surface area contributed by atoms with Crippen molar-refractivity contribution in [3.63, 3.8) is 0 Å². The molecule has 0 aromatic carbocycles. The number of carbonyl (C=O) groups excluding carboxylic acids is 1. The average molecular weight is 250 g/mol. The van der Waals surface area contributed by atoms with Crippen LogP contribution in [0.25, 0.3) is 0 Å². The van der Waals surface area contributed by atoms with Gasteiger partial charge in [0.15, 0.2) is 0 Å². The minimum atomic E-state index is -0.0181. The quantitative estimate of drug-likeness (QED) is 0.749. The molecular weight excluding hydrogens is 224 g/mol. The van der Waals surface area contributed by atoms with E-state index in [0.717, 1.165) is 31.9 Å². The average Bonchev–Trinajstić information content (AvgIpc) is 2.41. The molecule has 3 nitrogen and oxygen atoms in total. The summed E-state index contributed by atoms with van der Waals surface area (Å²) in [6.45, 7) is 14.2. The fourth-order valence-electron chi connectivity index (χ4n) is 2.41. The Labute approximate surface area is 111 Å². The smallest absolute Gasteiger partial charge is 0.233 e. The maximum atomic E-state index is 12.3. The van der Waals surface area contributed by atoms with Crippen LogP contribution in [-0.2, 0) is 4.79 Å². The van der Waals surface area contributed by atoms with Crippen molar-refractivity contribution < 1.29 is 4.79 Å². The molecule has 0 aromatic heterocycles. The zero-order chi connectivity index (χ0) is 13.7. The van der Waals surface area contributed by atoms with Gasteiger partial charge in [-0.3, -0.25) is 4.79 Å². The van der Waals surface area contributed by atoms with Gasteiger partial charge in [-0.05, 0) is 33.0 Å². The van der Waals surface area contributed by atoms with Crippen LogP contribution in [-0.4, -0.2) is 41.9 Å². The van der Waals surface area contributed by atoms with E-state index in [1.54, 1.807) is 0 Å². The van der Waals surface area contributed by atoms with Crippen LogP contribution >= 0.6 is 0 Å². The van der Waals surface area contributed by atoms with Crippen molar-refractivity contribution >= 4 is 5.91 Å². The van der Waals surface area contributed by atoms with Crippen molar-refractivity contribution in [2.75, 3.05) is 26.2 Å². The molecule has 0 unspecified atom stereocenters. The summed E-state index contributed by atoms with van der Waals surface area (Å²) in [5.74, 6) is 0.197. The summed E-state index contributed by atoms with van der Waals surface area (Å²) >= 11 is 0. The molecule has 0 bridgehead atoms. The van der Waals surface area contributed by atoms with Gasteiger partial charge in [0.1, 0.15) is 0 Å². The highest BCUT2D eigenvalue weighted by molar-refractivity contribution is 5.82. The van der Waals surface area contributed by atoms with E-state index in [4.69, 9.17) is 0 Å². The number of hydrogen-bond donors (Lipinski definition) is 0. The first kappa shape index (κ1) is 15.0. The molecule has 3 heteroatoms. The van der Waals surface area contributed by atoms with E-state index in [2.05, 4.69) is 31.7 Å². The number of hydrogen-bond acceptors (Lipinski definition) is 2. The van der Waals surface area contributed by atoms with E-state index in [1.165, 1.54) is 5.57 Å². The van der Waals surface area contributed by atoms with Crippen molar-refractivity contribution in [2.45, 2.75) is 34.6 Å². The Bertz CT molecular complexity index is 354. The zero-order valence-corrected chi connectivity index (χ0v) is 12.4. The molecule has 0 N–H and O–H groups in total. The summed E-state index contributed by atoms with van der Waals surface area (Å²) in [6.07, 6.45) is 4.15. The van der Waals surface area contributed by atoms with Crippen LogP contribution in [0, 0.1) is 5.92 Å². The highest BCUT2D eigenvalue weighted by Gasteiger charge is 2.22. The van der Waals surface area contributed by atoms with Gasteiger partial charge >= 0.3 is 0 Å². The lowest BCUT2D eigenvalue weighted by atomic mass is 10.1. The lowest BCUT2D eigenvalue weighted by Crippen LogP contribution is -2.39. The van der Waals surface area contributed by atoms with Crippen molar-refractivity contribution in [1.29, 1.82) is 0 Å². The minimum absolute atomic E-state index is 0.0181. The summed E-state index contributed by atoms with van der Waals surface area (Å²) in [5, 5.41) is 0. The van der Waals surface area contributed by atoms with Gasteiger partial charge < -0.3 is 9.80 Å². The van der Waals surface area contributed by atoms with Gasteiger partial charge in [0.05, 0.1) is 5.92 Å². The topological polar surface area (TPSA) is 23.6 Å². The SMILES string of the molecule is CCN(CC)CCN1C(=O)[C@H](C)C=C(C)C=C1C. The molecule has 1 aliphatic heterocycles. The number of carbonyl (C=O) groups is 1. The van der Waals surface area contributed by atoms with E-state index in [-0.39, 0.29) is 11.8 Å². The summed E-state index contributed by atoms with van der Waals surface area (Å²) in [5.41, 5.74) is 2.24. The molecule has 0 aromatic rings. The van der Waals surface area contributed by atoms with Gasteiger partial charge in [0, 0.05) is 18.8 Å². The molecule has 1 amide bonds. The number of allylic oxidation sites excluding steroid dienone is 3. The van der Waals surface area contributed by atoms with Gasteiger partial charge in [-0.1, -0.05) is 32.4 Å². The maximum Gasteiger partial charge on any atom is 0.233 e. The first-order chi connectivity index (χ1) is 8.49. The number of nitrogens with zero attached hydrogens (tertiary/aromatic N) is 2. The summed E-state index contributed by atoms with van der Waals surface area (Å²) < 4.78 is 0. The number of likely N-dealkylation sites (N-methyl/N-ethyl adjacent to an activating group) is 1. The van der Waals surface area contributed by atoms with E-state index in [9.17, 15) is 4.79 Å². The molecule has 0 fully saturated rings. The van der Waals surface area contributed by atoms with E-state index in [0.29, 0.717) is 0 Å². The van der Waals surface area contributed by atoms with Crippen LogP contribution in [0.2, 0.25) is 0 Å². The fourth-order valence-corrected chi connectivity index (χ4v) is 2.41. The third-order valence-electron chi connectivity index (χ3n) is 3.57. The molecule has 1 aliphatic rings. The first-order valence-corrected chi connectivity index (χ1v) is 6.90. The molecule has 1 rings (SSSR count). The number of rotatable bonds is 5. The molecule has 0 spiro atoms. The van der Waals surface area contributed by atoms with Crippen molar-refractivity contribution in [3.05, 3.63) is 23.4 Å². The highest BCUT2D eigenvalue weighted by atomic mass is 16.2. The van der Waals surface area contributed by atoms with Crippen LogP contribution in [0.3, 0.4) is 0 Å². The molecule has 0 radical (unpaired) electrons. The van der Waals surface area contributed by atoms with E-state index >= 15 is 0 Å². The van der Waals surface area contributed by atoms with Gasteiger partial charge in [-0.15, -0.1) is 0 Å². The normalized spacial score (nSPS) is 20.9. The predicted molar refractivity (Wildman–Crippen MR) is 76.2 cm³/mol. The first-order valence-electron chi connectivity index (χ1n) is 6.90. The van der Waals surface area contributed by atoms with Crippen LogP contribution < -0.4 is 0 Å². The Morgan fingerprint density at radius 1 is 1.28 bits per heavy atom. The van der Waals surface area contributed by atoms with Gasteiger partial charge in [0.2, 0.25) is 5.91 Å². The summed E-state index contributed by atoms with van der Waals surface area (Å²) in [7, 11) is 0. The maximum absolute atomic E-state index is 12.3. The monoisotopic (exact) mass is 250 g/mol. The third kappa shape index (κ3) is 3.70. The van der Waals surface area contributed by atoms with Crippen molar-refractivity contribution in [1.82, 2.24) is 9.80 Å². The lowest BCUT2D eigenvalue weighted by molar-refractivity contribution is -0.131. The van der Waals surface area contributed by atoms with Crippen molar-refractivity contribution in [3.8, 4) is 0 Å². The van der Waals surface area contributed by atoms with Crippen molar-refractivity contribution in [2.24, 2.45) is 5.92 Å². The van der Waals surface area contributed by atoms with Crippen LogP contribution in [0.15, 0.2) is 23.4 Å². The third-order valence-corrected chi connectivity index (χ3v) is 3.57. The summed E-state index contributed by atoms with van der Waals surface area (Å²) in [6, 6.07) is 0. The Balaban J connectivity index is 2.74. The molecule has 1 atom stereocenters. The molecule has 18 heavy (non-hydrogen) atoms. The largest absolute Gasteiger partial charge is 0.315 e. The zero-order valence-electron chi connectivity index (χ0n) is 12.4. The van der Waals surface area contributed by atoms with Gasteiger partial charge in [0.25, 0.3) is 0 Å². The van der Waals surface area contributed by atoms with E-state index < -0.39 is 0 Å². The van der Waals surface area contributed by atoms with E-state index in [1.807, 2.05) is 24.8 Å². The molecule has 0 saturated heterocycles. The second-order valence-corrected chi connectivity index (χ2v) is 5.00. The van der Waals surface area contributed by atoms with Crippen LogP contribution in [0.5, 0.6) is 0 Å². The van der Waals surface area contributed by atoms with Crippen LogP contribution in [0.1, 0.15) is 34.6 Å². The standard InChI is InChI=1S/C15H26N2O/c1-6-16(7-2)8-9-17-14(5)11-12(3)10-13(4)15(17)18/h10-11,13H,6-9H2,1-5H3/t13-/m1/s1. The Hall–Kier alpha value is -1.09. The lowest BCUT2D eigenvalue weighted by Gasteiger charge is -2.27. The predicted octanol–water partition coefficient (Wildman–Crippen LogP) is 2.66. The molecule has 0 aliphatic carbocycles. The Morgan fingerprint density at radius 3 is 2.44 bits per heavy atom. The van der Waals surface area contributed by atoms with Gasteiger partial charge in [-0.2, -0.15) is 0 Å². The molecule has 1 heterocycles. The number of amides is 1. The Kier molecular flexibility index (Phi) is 5.60. The summed E-state index contributed by atoms with van der Waals surface area (Å²) in [4.78, 5) is 16.6. The molecule has 0 saturated carbocycles. The van der Waals surface area contributed by atoms with Crippen LogP contribution in [0.4, 0.5) is 0 Å². The Morgan fingerprint density at radius 2 is 1.89 bits per heavy atom. The second-order valence-electron chi connectivity index (χ2n) is 5.00. The minimum Gasteiger partial charge on any atom is -0.315 e. The molecular formula is C15H26N2O. The second kappa shape index (κ2) is 6.74. The van der Waals surface area contributed by atoms with Gasteiger partial charge in [-0.25, -0.2) is 0 Å².